The van der Waals surface area contributed by atoms with Gasteiger partial charge in [0.25, 0.3) is 11.8 Å². The number of carbonyl (C=O) groups excluding carboxylic acids is 2. The fraction of sp³-hybridized carbons (Fsp3) is 0.294. The van der Waals surface area contributed by atoms with Crippen molar-refractivity contribution in [1.29, 1.82) is 0 Å². The summed E-state index contributed by atoms with van der Waals surface area (Å²) in [5, 5.41) is 0. The average Bonchev–Trinajstić information content (AvgIpc) is 2.67. The average molecular weight is 326 g/mol. The van der Waals surface area contributed by atoms with Crippen molar-refractivity contribution in [2.75, 3.05) is 33.3 Å². The molecule has 2 heterocycles. The van der Waals surface area contributed by atoms with Crippen LogP contribution in [0, 0.1) is 0 Å². The van der Waals surface area contributed by atoms with Crippen molar-refractivity contribution in [3.63, 3.8) is 0 Å². The van der Waals surface area contributed by atoms with Crippen molar-refractivity contribution in [3.05, 3.63) is 54.1 Å². The zero-order valence-corrected chi connectivity index (χ0v) is 13.4. The zero-order chi connectivity index (χ0) is 16.9. The van der Waals surface area contributed by atoms with Gasteiger partial charge in [-0.05, 0) is 12.1 Å². The van der Waals surface area contributed by atoms with Gasteiger partial charge in [0.15, 0.2) is 0 Å². The van der Waals surface area contributed by atoms with Gasteiger partial charge in [0.05, 0.1) is 18.9 Å². The third-order valence-corrected chi connectivity index (χ3v) is 3.97. The van der Waals surface area contributed by atoms with Crippen LogP contribution in [0.15, 0.2) is 42.9 Å². The molecule has 1 saturated heterocycles. The largest absolute Gasteiger partial charge is 0.496 e. The molecule has 0 atom stereocenters. The number of ether oxygens (including phenoxy) is 1. The minimum Gasteiger partial charge on any atom is -0.496 e. The standard InChI is InChI=1S/C17H18N4O3/c1-24-15-5-3-2-4-13(15)16(22)20-8-10-21(11-9-20)17(23)14-12-18-6-7-19-14/h2-7,12H,8-11H2,1H3. The van der Waals surface area contributed by atoms with Crippen molar-refractivity contribution in [2.24, 2.45) is 0 Å². The molecular formula is C17H18N4O3. The van der Waals surface area contributed by atoms with E-state index in [-0.39, 0.29) is 11.8 Å². The lowest BCUT2D eigenvalue weighted by Crippen LogP contribution is -2.50. The summed E-state index contributed by atoms with van der Waals surface area (Å²) in [6, 6.07) is 7.15. The number of aromatic nitrogens is 2. The minimum atomic E-state index is -0.160. The molecule has 1 fully saturated rings. The van der Waals surface area contributed by atoms with E-state index < -0.39 is 0 Å². The van der Waals surface area contributed by atoms with E-state index in [0.29, 0.717) is 43.2 Å². The van der Waals surface area contributed by atoms with E-state index in [2.05, 4.69) is 9.97 Å². The first-order chi connectivity index (χ1) is 11.7. The number of amides is 2. The molecule has 0 aliphatic carbocycles. The molecule has 0 spiro atoms. The van der Waals surface area contributed by atoms with Gasteiger partial charge in [-0.3, -0.25) is 14.6 Å². The molecule has 1 aliphatic heterocycles. The van der Waals surface area contributed by atoms with Gasteiger partial charge in [-0.15, -0.1) is 0 Å². The molecule has 24 heavy (non-hydrogen) atoms. The number of hydrogen-bond donors (Lipinski definition) is 0. The number of benzene rings is 1. The summed E-state index contributed by atoms with van der Waals surface area (Å²) in [4.78, 5) is 36.4. The van der Waals surface area contributed by atoms with Gasteiger partial charge in [0.1, 0.15) is 11.4 Å². The molecular weight excluding hydrogens is 308 g/mol. The van der Waals surface area contributed by atoms with Crippen LogP contribution < -0.4 is 4.74 Å². The molecule has 0 saturated carbocycles. The fourth-order valence-corrected chi connectivity index (χ4v) is 2.68. The van der Waals surface area contributed by atoms with Crippen LogP contribution in [-0.4, -0.2) is 64.9 Å². The first-order valence-electron chi connectivity index (χ1n) is 7.68. The second-order valence-corrected chi connectivity index (χ2v) is 5.38. The number of hydrogen-bond acceptors (Lipinski definition) is 5. The van der Waals surface area contributed by atoms with Crippen molar-refractivity contribution in [3.8, 4) is 5.75 Å². The van der Waals surface area contributed by atoms with Gasteiger partial charge < -0.3 is 14.5 Å². The normalized spacial score (nSPS) is 14.4. The van der Waals surface area contributed by atoms with E-state index in [0.717, 1.165) is 0 Å². The molecule has 3 rings (SSSR count). The predicted octanol–water partition coefficient (Wildman–Crippen LogP) is 1.08. The van der Waals surface area contributed by atoms with E-state index in [9.17, 15) is 9.59 Å². The van der Waals surface area contributed by atoms with Crippen molar-refractivity contribution < 1.29 is 14.3 Å². The summed E-state index contributed by atoms with van der Waals surface area (Å²) >= 11 is 0. The highest BCUT2D eigenvalue weighted by Gasteiger charge is 2.27. The zero-order valence-electron chi connectivity index (χ0n) is 13.4. The first-order valence-corrected chi connectivity index (χ1v) is 7.68. The highest BCUT2D eigenvalue weighted by Crippen LogP contribution is 2.20. The summed E-state index contributed by atoms with van der Waals surface area (Å²) in [7, 11) is 1.55. The van der Waals surface area contributed by atoms with E-state index in [1.807, 2.05) is 12.1 Å². The molecule has 0 radical (unpaired) electrons. The van der Waals surface area contributed by atoms with E-state index in [1.165, 1.54) is 18.6 Å². The first kappa shape index (κ1) is 15.9. The third-order valence-electron chi connectivity index (χ3n) is 3.97. The number of methoxy groups -OCH3 is 1. The molecule has 2 aromatic rings. The predicted molar refractivity (Wildman–Crippen MR) is 86.8 cm³/mol. The Morgan fingerprint density at radius 3 is 2.29 bits per heavy atom. The third kappa shape index (κ3) is 3.19. The second-order valence-electron chi connectivity index (χ2n) is 5.38. The molecule has 124 valence electrons. The maximum atomic E-state index is 12.6. The lowest BCUT2D eigenvalue weighted by atomic mass is 10.1. The molecule has 1 aliphatic rings. The van der Waals surface area contributed by atoms with Crippen LogP contribution in [0.1, 0.15) is 20.8 Å². The molecule has 1 aromatic carbocycles. The van der Waals surface area contributed by atoms with Gasteiger partial charge in [-0.2, -0.15) is 0 Å². The Balaban J connectivity index is 1.65. The summed E-state index contributed by atoms with van der Waals surface area (Å²) in [5.41, 5.74) is 0.857. The van der Waals surface area contributed by atoms with Crippen LogP contribution in [0.3, 0.4) is 0 Å². The Labute approximate surface area is 139 Å². The van der Waals surface area contributed by atoms with Gasteiger partial charge >= 0.3 is 0 Å². The number of piperazine rings is 1. The summed E-state index contributed by atoms with van der Waals surface area (Å²) in [6.45, 7) is 1.89. The summed E-state index contributed by atoms with van der Waals surface area (Å²) in [5.74, 6) is 0.312. The molecule has 7 heteroatoms. The van der Waals surface area contributed by atoms with Gasteiger partial charge in [-0.1, -0.05) is 12.1 Å². The SMILES string of the molecule is COc1ccccc1C(=O)N1CCN(C(=O)c2cnccn2)CC1. The maximum absolute atomic E-state index is 12.6. The Bertz CT molecular complexity index is 728. The highest BCUT2D eigenvalue weighted by molar-refractivity contribution is 5.97. The van der Waals surface area contributed by atoms with E-state index in [4.69, 9.17) is 4.74 Å². The summed E-state index contributed by atoms with van der Waals surface area (Å²) in [6.07, 6.45) is 4.48. The maximum Gasteiger partial charge on any atom is 0.274 e. The molecule has 1 aromatic heterocycles. The fourth-order valence-electron chi connectivity index (χ4n) is 2.68. The van der Waals surface area contributed by atoms with Crippen molar-refractivity contribution in [2.45, 2.75) is 0 Å². The smallest absolute Gasteiger partial charge is 0.274 e. The van der Waals surface area contributed by atoms with Crippen LogP contribution in [0.2, 0.25) is 0 Å². The summed E-state index contributed by atoms with van der Waals surface area (Å²) < 4.78 is 5.25. The number of rotatable bonds is 3. The van der Waals surface area contributed by atoms with E-state index >= 15 is 0 Å². The molecule has 0 bridgehead atoms. The lowest BCUT2D eigenvalue weighted by molar-refractivity contribution is 0.0530. The Morgan fingerprint density at radius 1 is 1.00 bits per heavy atom. The van der Waals surface area contributed by atoms with Crippen LogP contribution in [0.25, 0.3) is 0 Å². The molecule has 7 nitrogen and oxygen atoms in total. The molecule has 0 N–H and O–H groups in total. The lowest BCUT2D eigenvalue weighted by Gasteiger charge is -2.34. The molecule has 2 amide bonds. The van der Waals surface area contributed by atoms with Crippen LogP contribution in [0.5, 0.6) is 5.75 Å². The highest BCUT2D eigenvalue weighted by atomic mass is 16.5. The van der Waals surface area contributed by atoms with Crippen LogP contribution in [0.4, 0.5) is 0 Å². The second kappa shape index (κ2) is 7.08. The van der Waals surface area contributed by atoms with E-state index in [1.54, 1.807) is 29.0 Å². The van der Waals surface area contributed by atoms with Gasteiger partial charge in [0, 0.05) is 38.6 Å². The Hall–Kier alpha value is -2.96. The topological polar surface area (TPSA) is 75.6 Å². The van der Waals surface area contributed by atoms with Gasteiger partial charge in [0.2, 0.25) is 0 Å². The minimum absolute atomic E-state index is 0.0842. The van der Waals surface area contributed by atoms with Gasteiger partial charge in [-0.25, -0.2) is 4.98 Å². The molecule has 0 unspecified atom stereocenters. The number of nitrogens with zero attached hydrogens (tertiary/aromatic N) is 4. The number of para-hydroxylation sites is 1. The monoisotopic (exact) mass is 326 g/mol. The Kier molecular flexibility index (Phi) is 4.69. The van der Waals surface area contributed by atoms with Crippen LogP contribution in [-0.2, 0) is 0 Å². The quantitative estimate of drug-likeness (QED) is 0.844. The van der Waals surface area contributed by atoms with Crippen molar-refractivity contribution >= 4 is 11.8 Å². The van der Waals surface area contributed by atoms with Crippen LogP contribution >= 0.6 is 0 Å². The number of carbonyl (C=O) groups is 2. The van der Waals surface area contributed by atoms with Crippen molar-refractivity contribution in [1.82, 2.24) is 19.8 Å². The Morgan fingerprint density at radius 2 is 1.67 bits per heavy atom.